The predicted octanol–water partition coefficient (Wildman–Crippen LogP) is 3.02. The van der Waals surface area contributed by atoms with Crippen LogP contribution in [0.1, 0.15) is 20.7 Å². The third-order valence-electron chi connectivity index (χ3n) is 3.47. The molecule has 0 aromatic heterocycles. The highest BCUT2D eigenvalue weighted by Gasteiger charge is 2.18. The van der Waals surface area contributed by atoms with E-state index in [4.69, 9.17) is 16.3 Å². The zero-order valence-electron chi connectivity index (χ0n) is 14.1. The summed E-state index contributed by atoms with van der Waals surface area (Å²) >= 11 is 6.06. The SMILES string of the molecule is COCCNC(=O)c1ccc(NC(=O)c2cc([N+](=O)[O-])ccc2F)cc1Cl. The molecule has 0 aliphatic rings. The lowest BCUT2D eigenvalue weighted by molar-refractivity contribution is -0.384. The summed E-state index contributed by atoms with van der Waals surface area (Å²) in [7, 11) is 1.50. The molecule has 0 saturated carbocycles. The van der Waals surface area contributed by atoms with Gasteiger partial charge in [-0.3, -0.25) is 19.7 Å². The Morgan fingerprint density at radius 2 is 1.93 bits per heavy atom. The molecule has 0 fully saturated rings. The van der Waals surface area contributed by atoms with E-state index in [2.05, 4.69) is 10.6 Å². The average Bonchev–Trinajstić information content (AvgIpc) is 2.62. The number of halogens is 2. The first-order valence-electron chi connectivity index (χ1n) is 7.65. The van der Waals surface area contributed by atoms with E-state index in [1.165, 1.54) is 25.3 Å². The number of carbonyl (C=O) groups excluding carboxylic acids is 2. The van der Waals surface area contributed by atoms with Crippen LogP contribution in [0.25, 0.3) is 0 Å². The van der Waals surface area contributed by atoms with Gasteiger partial charge >= 0.3 is 0 Å². The molecule has 0 bridgehead atoms. The fraction of sp³-hybridized carbons (Fsp3) is 0.176. The molecule has 0 aliphatic carbocycles. The molecule has 2 N–H and O–H groups in total. The predicted molar refractivity (Wildman–Crippen MR) is 96.7 cm³/mol. The number of methoxy groups -OCH3 is 1. The van der Waals surface area contributed by atoms with Crippen molar-refractivity contribution in [2.24, 2.45) is 0 Å². The van der Waals surface area contributed by atoms with Crippen LogP contribution >= 0.6 is 11.6 Å². The van der Waals surface area contributed by atoms with Gasteiger partial charge in [0.2, 0.25) is 0 Å². The van der Waals surface area contributed by atoms with Crippen LogP contribution < -0.4 is 10.6 Å². The summed E-state index contributed by atoms with van der Waals surface area (Å²) in [5, 5.41) is 15.8. The zero-order valence-corrected chi connectivity index (χ0v) is 14.9. The highest BCUT2D eigenvalue weighted by Crippen LogP contribution is 2.23. The summed E-state index contributed by atoms with van der Waals surface area (Å²) in [6, 6.07) is 6.76. The second kappa shape index (κ2) is 9.06. The van der Waals surface area contributed by atoms with Crippen molar-refractivity contribution in [1.29, 1.82) is 0 Å². The summed E-state index contributed by atoms with van der Waals surface area (Å²) in [6.07, 6.45) is 0. The molecule has 2 aromatic rings. The third kappa shape index (κ3) is 5.22. The van der Waals surface area contributed by atoms with Gasteiger partial charge in [0, 0.05) is 31.5 Å². The molecule has 0 radical (unpaired) electrons. The van der Waals surface area contributed by atoms with Gasteiger partial charge < -0.3 is 15.4 Å². The first-order chi connectivity index (χ1) is 12.8. The van der Waals surface area contributed by atoms with Gasteiger partial charge in [-0.1, -0.05) is 11.6 Å². The van der Waals surface area contributed by atoms with Gasteiger partial charge in [-0.2, -0.15) is 0 Å². The Labute approximate surface area is 158 Å². The third-order valence-corrected chi connectivity index (χ3v) is 3.78. The first kappa shape index (κ1) is 20.3. The van der Waals surface area contributed by atoms with Crippen LogP contribution in [0.15, 0.2) is 36.4 Å². The van der Waals surface area contributed by atoms with Gasteiger partial charge in [0.15, 0.2) is 0 Å². The quantitative estimate of drug-likeness (QED) is 0.425. The number of benzene rings is 2. The van der Waals surface area contributed by atoms with Crippen LogP contribution in [0.3, 0.4) is 0 Å². The molecule has 10 heteroatoms. The topological polar surface area (TPSA) is 111 Å². The fourth-order valence-corrected chi connectivity index (χ4v) is 2.40. The monoisotopic (exact) mass is 395 g/mol. The average molecular weight is 396 g/mol. The van der Waals surface area contributed by atoms with E-state index in [1.54, 1.807) is 0 Å². The highest BCUT2D eigenvalue weighted by molar-refractivity contribution is 6.34. The number of amides is 2. The van der Waals surface area contributed by atoms with Crippen molar-refractivity contribution in [3.8, 4) is 0 Å². The van der Waals surface area contributed by atoms with Crippen LogP contribution in [0, 0.1) is 15.9 Å². The molecule has 27 heavy (non-hydrogen) atoms. The van der Waals surface area contributed by atoms with E-state index in [-0.39, 0.29) is 16.3 Å². The number of ether oxygens (including phenoxy) is 1. The van der Waals surface area contributed by atoms with Crippen molar-refractivity contribution in [2.75, 3.05) is 25.6 Å². The summed E-state index contributed by atoms with van der Waals surface area (Å²) in [4.78, 5) is 34.2. The molecule has 8 nitrogen and oxygen atoms in total. The first-order valence-corrected chi connectivity index (χ1v) is 8.03. The molecule has 0 atom stereocenters. The van der Waals surface area contributed by atoms with Crippen molar-refractivity contribution < 1.29 is 23.6 Å². The molecule has 2 aromatic carbocycles. The number of carbonyl (C=O) groups is 2. The van der Waals surface area contributed by atoms with E-state index in [0.29, 0.717) is 13.2 Å². The Hall–Kier alpha value is -3.04. The van der Waals surface area contributed by atoms with E-state index < -0.39 is 33.8 Å². The smallest absolute Gasteiger partial charge is 0.270 e. The lowest BCUT2D eigenvalue weighted by Crippen LogP contribution is -2.27. The van der Waals surface area contributed by atoms with Crippen molar-refractivity contribution in [3.05, 3.63) is 68.5 Å². The van der Waals surface area contributed by atoms with E-state index in [9.17, 15) is 24.1 Å². The Bertz CT molecular complexity index is 891. The maximum absolute atomic E-state index is 13.8. The fourth-order valence-electron chi connectivity index (χ4n) is 2.14. The van der Waals surface area contributed by atoms with Gasteiger partial charge in [0.1, 0.15) is 5.82 Å². The Balaban J connectivity index is 2.15. The molecular formula is C17H15ClFN3O5. The van der Waals surface area contributed by atoms with Crippen molar-refractivity contribution >= 4 is 34.8 Å². The Morgan fingerprint density at radius 1 is 1.19 bits per heavy atom. The van der Waals surface area contributed by atoms with Gasteiger partial charge in [0.25, 0.3) is 17.5 Å². The number of nitro benzene ring substituents is 1. The number of non-ortho nitro benzene ring substituents is 1. The van der Waals surface area contributed by atoms with Crippen LogP contribution in [-0.2, 0) is 4.74 Å². The molecule has 142 valence electrons. The Morgan fingerprint density at radius 3 is 2.56 bits per heavy atom. The lowest BCUT2D eigenvalue weighted by atomic mass is 10.1. The number of nitrogens with one attached hydrogen (secondary N) is 2. The minimum atomic E-state index is -0.904. The zero-order chi connectivity index (χ0) is 20.0. The molecule has 0 saturated heterocycles. The standard InChI is InChI=1S/C17H15ClFN3O5/c1-27-7-6-20-16(23)12-4-2-10(8-14(12)18)21-17(24)13-9-11(22(25)26)3-5-15(13)19/h2-5,8-9H,6-7H2,1H3,(H,20,23)(H,21,24). The van der Waals surface area contributed by atoms with Gasteiger partial charge in [-0.05, 0) is 24.3 Å². The second-order valence-electron chi connectivity index (χ2n) is 5.32. The summed E-state index contributed by atoms with van der Waals surface area (Å²) in [6.45, 7) is 0.641. The van der Waals surface area contributed by atoms with E-state index >= 15 is 0 Å². The van der Waals surface area contributed by atoms with Crippen LogP contribution in [0.4, 0.5) is 15.8 Å². The second-order valence-corrected chi connectivity index (χ2v) is 5.73. The molecular weight excluding hydrogens is 381 g/mol. The van der Waals surface area contributed by atoms with Crippen LogP contribution in [0.5, 0.6) is 0 Å². The molecule has 0 heterocycles. The molecule has 0 aliphatic heterocycles. The minimum absolute atomic E-state index is 0.0715. The number of rotatable bonds is 7. The number of hydrogen-bond donors (Lipinski definition) is 2. The molecule has 2 amide bonds. The van der Waals surface area contributed by atoms with Crippen molar-refractivity contribution in [2.45, 2.75) is 0 Å². The van der Waals surface area contributed by atoms with E-state index in [1.807, 2.05) is 0 Å². The van der Waals surface area contributed by atoms with Gasteiger partial charge in [-0.25, -0.2) is 4.39 Å². The summed E-state index contributed by atoms with van der Waals surface area (Å²) < 4.78 is 18.6. The number of nitro groups is 1. The van der Waals surface area contributed by atoms with Gasteiger partial charge in [-0.15, -0.1) is 0 Å². The maximum Gasteiger partial charge on any atom is 0.270 e. The Kier molecular flexibility index (Phi) is 6.80. The molecule has 0 unspecified atom stereocenters. The number of hydrogen-bond acceptors (Lipinski definition) is 5. The van der Waals surface area contributed by atoms with E-state index in [0.717, 1.165) is 18.2 Å². The van der Waals surface area contributed by atoms with Crippen LogP contribution in [0.2, 0.25) is 5.02 Å². The summed E-state index contributed by atoms with van der Waals surface area (Å²) in [5.74, 6) is -2.21. The molecule has 2 rings (SSSR count). The largest absolute Gasteiger partial charge is 0.383 e. The van der Waals surface area contributed by atoms with Crippen LogP contribution in [-0.4, -0.2) is 37.0 Å². The maximum atomic E-state index is 13.8. The number of nitrogens with zero attached hydrogens (tertiary/aromatic N) is 1. The minimum Gasteiger partial charge on any atom is -0.383 e. The van der Waals surface area contributed by atoms with Gasteiger partial charge in [0.05, 0.1) is 27.7 Å². The summed E-state index contributed by atoms with van der Waals surface area (Å²) in [5.41, 5.74) is -0.513. The van der Waals surface area contributed by atoms with Crippen molar-refractivity contribution in [1.82, 2.24) is 5.32 Å². The normalized spacial score (nSPS) is 10.3. The molecule has 0 spiro atoms. The lowest BCUT2D eigenvalue weighted by Gasteiger charge is -2.10. The van der Waals surface area contributed by atoms with Crippen molar-refractivity contribution in [3.63, 3.8) is 0 Å². The number of anilines is 1. The highest BCUT2D eigenvalue weighted by atomic mass is 35.5.